The molecule has 16 heavy (non-hydrogen) atoms. The average Bonchev–Trinajstić information content (AvgIpc) is 2.73. The summed E-state index contributed by atoms with van der Waals surface area (Å²) in [4.78, 5) is 2.33. The molecule has 1 aliphatic heterocycles. The summed E-state index contributed by atoms with van der Waals surface area (Å²) in [7, 11) is 0. The molecule has 0 atom stereocenters. The van der Waals surface area contributed by atoms with Crippen LogP contribution in [0.3, 0.4) is 0 Å². The number of anilines is 1. The van der Waals surface area contributed by atoms with Crippen molar-refractivity contribution in [2.45, 2.75) is 45.7 Å². The molecule has 0 amide bonds. The van der Waals surface area contributed by atoms with Crippen molar-refractivity contribution in [2.24, 2.45) is 5.73 Å². The summed E-state index contributed by atoms with van der Waals surface area (Å²) in [6.07, 6.45) is 3.84. The second kappa shape index (κ2) is 4.82. The zero-order chi connectivity index (χ0) is 11.5. The van der Waals surface area contributed by atoms with Crippen molar-refractivity contribution in [2.75, 3.05) is 18.0 Å². The van der Waals surface area contributed by atoms with Crippen molar-refractivity contribution in [1.29, 1.82) is 0 Å². The maximum atomic E-state index is 5.69. The first-order chi connectivity index (χ1) is 7.74. The lowest BCUT2D eigenvalue weighted by atomic mass is 10.1. The number of piperidine rings is 1. The number of aromatic nitrogens is 3. The number of hydrogen-bond donors (Lipinski definition) is 1. The molecule has 1 aromatic rings. The van der Waals surface area contributed by atoms with Crippen LogP contribution in [0.15, 0.2) is 0 Å². The topological polar surface area (TPSA) is 60.0 Å². The van der Waals surface area contributed by atoms with E-state index < -0.39 is 0 Å². The summed E-state index contributed by atoms with van der Waals surface area (Å²) < 4.78 is 2.16. The lowest BCUT2D eigenvalue weighted by Gasteiger charge is -2.28. The van der Waals surface area contributed by atoms with Gasteiger partial charge in [0.25, 0.3) is 0 Å². The quantitative estimate of drug-likeness (QED) is 0.839. The van der Waals surface area contributed by atoms with Gasteiger partial charge in [0.1, 0.15) is 5.82 Å². The minimum Gasteiger partial charge on any atom is -0.341 e. The highest BCUT2D eigenvalue weighted by molar-refractivity contribution is 5.32. The Labute approximate surface area is 96.6 Å². The van der Waals surface area contributed by atoms with E-state index in [1.165, 1.54) is 19.3 Å². The zero-order valence-corrected chi connectivity index (χ0v) is 10.2. The average molecular weight is 223 g/mol. The Bertz CT molecular complexity index is 338. The molecule has 1 aromatic heterocycles. The second-order valence-corrected chi connectivity index (χ2v) is 4.63. The van der Waals surface area contributed by atoms with Gasteiger partial charge in [0.05, 0.1) is 6.54 Å². The van der Waals surface area contributed by atoms with Gasteiger partial charge in [-0.05, 0) is 33.1 Å². The third-order valence-corrected chi connectivity index (χ3v) is 3.09. The van der Waals surface area contributed by atoms with Gasteiger partial charge in [-0.15, -0.1) is 10.2 Å². The van der Waals surface area contributed by atoms with Crippen LogP contribution < -0.4 is 10.6 Å². The van der Waals surface area contributed by atoms with Crippen LogP contribution in [0.25, 0.3) is 0 Å². The SMILES string of the molecule is CC(C)n1c(CN)nnc1N1CCCCC1. The van der Waals surface area contributed by atoms with Crippen LogP contribution in [0.2, 0.25) is 0 Å². The fourth-order valence-corrected chi connectivity index (χ4v) is 2.29. The molecule has 90 valence electrons. The van der Waals surface area contributed by atoms with Crippen molar-refractivity contribution in [3.8, 4) is 0 Å². The Morgan fingerprint density at radius 1 is 1.19 bits per heavy atom. The van der Waals surface area contributed by atoms with E-state index in [4.69, 9.17) is 5.73 Å². The van der Waals surface area contributed by atoms with E-state index >= 15 is 0 Å². The van der Waals surface area contributed by atoms with Crippen LogP contribution in [0.4, 0.5) is 5.95 Å². The molecule has 0 radical (unpaired) electrons. The molecule has 2 N–H and O–H groups in total. The first kappa shape index (κ1) is 11.4. The molecule has 0 saturated carbocycles. The molecule has 1 fully saturated rings. The van der Waals surface area contributed by atoms with Crippen LogP contribution in [0.5, 0.6) is 0 Å². The van der Waals surface area contributed by atoms with Crippen LogP contribution in [0.1, 0.15) is 45.0 Å². The summed E-state index contributed by atoms with van der Waals surface area (Å²) in [5.41, 5.74) is 5.69. The van der Waals surface area contributed by atoms with Crippen LogP contribution in [-0.2, 0) is 6.54 Å². The second-order valence-electron chi connectivity index (χ2n) is 4.63. The van der Waals surface area contributed by atoms with Crippen molar-refractivity contribution < 1.29 is 0 Å². The third kappa shape index (κ3) is 2.04. The largest absolute Gasteiger partial charge is 0.341 e. The normalized spacial score (nSPS) is 17.1. The van der Waals surface area contributed by atoms with Gasteiger partial charge >= 0.3 is 0 Å². The molecule has 5 nitrogen and oxygen atoms in total. The van der Waals surface area contributed by atoms with Gasteiger partial charge in [-0.1, -0.05) is 0 Å². The highest BCUT2D eigenvalue weighted by Gasteiger charge is 2.20. The predicted octanol–water partition coefficient (Wildman–Crippen LogP) is 1.31. The molecule has 1 saturated heterocycles. The molecule has 0 aliphatic carbocycles. The molecule has 2 heterocycles. The standard InChI is InChI=1S/C11H21N5/c1-9(2)16-10(8-12)13-14-11(16)15-6-4-3-5-7-15/h9H,3-8,12H2,1-2H3. The summed E-state index contributed by atoms with van der Waals surface area (Å²) >= 11 is 0. The van der Waals surface area contributed by atoms with E-state index in [-0.39, 0.29) is 0 Å². The van der Waals surface area contributed by atoms with Crippen LogP contribution >= 0.6 is 0 Å². The molecule has 1 aliphatic rings. The van der Waals surface area contributed by atoms with E-state index in [9.17, 15) is 0 Å². The van der Waals surface area contributed by atoms with Gasteiger partial charge in [0.2, 0.25) is 5.95 Å². The Kier molecular flexibility index (Phi) is 3.43. The first-order valence-corrected chi connectivity index (χ1v) is 6.13. The van der Waals surface area contributed by atoms with Crippen LogP contribution in [0, 0.1) is 0 Å². The molecular formula is C11H21N5. The van der Waals surface area contributed by atoms with Gasteiger partial charge in [0, 0.05) is 19.1 Å². The monoisotopic (exact) mass is 223 g/mol. The van der Waals surface area contributed by atoms with Gasteiger partial charge < -0.3 is 10.6 Å². The lowest BCUT2D eigenvalue weighted by molar-refractivity contribution is 0.523. The van der Waals surface area contributed by atoms with Crippen molar-refractivity contribution in [1.82, 2.24) is 14.8 Å². The number of nitrogens with zero attached hydrogens (tertiary/aromatic N) is 4. The maximum Gasteiger partial charge on any atom is 0.227 e. The molecule has 0 aromatic carbocycles. The smallest absolute Gasteiger partial charge is 0.227 e. The Balaban J connectivity index is 2.28. The fourth-order valence-electron chi connectivity index (χ4n) is 2.29. The Morgan fingerprint density at radius 2 is 1.88 bits per heavy atom. The lowest BCUT2D eigenvalue weighted by Crippen LogP contribution is -2.32. The number of rotatable bonds is 3. The predicted molar refractivity (Wildman–Crippen MR) is 64.4 cm³/mol. The molecule has 0 bridgehead atoms. The summed E-state index contributed by atoms with van der Waals surface area (Å²) in [5.74, 6) is 1.88. The molecular weight excluding hydrogens is 202 g/mol. The minimum atomic E-state index is 0.366. The van der Waals surface area contributed by atoms with Gasteiger partial charge in [-0.25, -0.2) is 0 Å². The van der Waals surface area contributed by atoms with E-state index in [1.54, 1.807) is 0 Å². The Morgan fingerprint density at radius 3 is 2.44 bits per heavy atom. The Hall–Kier alpha value is -1.10. The zero-order valence-electron chi connectivity index (χ0n) is 10.2. The van der Waals surface area contributed by atoms with Crippen LogP contribution in [-0.4, -0.2) is 27.9 Å². The number of hydrogen-bond acceptors (Lipinski definition) is 4. The maximum absolute atomic E-state index is 5.69. The van der Waals surface area contributed by atoms with E-state index in [2.05, 4.69) is 33.5 Å². The van der Waals surface area contributed by atoms with Crippen molar-refractivity contribution in [3.05, 3.63) is 5.82 Å². The number of nitrogens with two attached hydrogens (primary N) is 1. The first-order valence-electron chi connectivity index (χ1n) is 6.13. The third-order valence-electron chi connectivity index (χ3n) is 3.09. The van der Waals surface area contributed by atoms with Gasteiger partial charge in [0.15, 0.2) is 0 Å². The van der Waals surface area contributed by atoms with E-state index in [0.717, 1.165) is 24.9 Å². The molecule has 0 unspecified atom stereocenters. The minimum absolute atomic E-state index is 0.366. The van der Waals surface area contributed by atoms with Gasteiger partial charge in [-0.3, -0.25) is 4.57 Å². The fraction of sp³-hybridized carbons (Fsp3) is 0.818. The molecule has 5 heteroatoms. The highest BCUT2D eigenvalue weighted by atomic mass is 15.4. The summed E-state index contributed by atoms with van der Waals surface area (Å²) in [6.45, 7) is 6.94. The van der Waals surface area contributed by atoms with Crippen molar-refractivity contribution >= 4 is 5.95 Å². The van der Waals surface area contributed by atoms with Gasteiger partial charge in [-0.2, -0.15) is 0 Å². The highest BCUT2D eigenvalue weighted by Crippen LogP contribution is 2.22. The summed E-state index contributed by atoms with van der Waals surface area (Å²) in [6, 6.07) is 0.366. The molecule has 2 rings (SSSR count). The van der Waals surface area contributed by atoms with Crippen molar-refractivity contribution in [3.63, 3.8) is 0 Å². The summed E-state index contributed by atoms with van der Waals surface area (Å²) in [5, 5.41) is 8.47. The van der Waals surface area contributed by atoms with E-state index in [0.29, 0.717) is 12.6 Å². The van der Waals surface area contributed by atoms with E-state index in [1.807, 2.05) is 0 Å². The molecule has 0 spiro atoms.